The third-order valence-electron chi connectivity index (χ3n) is 5.23. The van der Waals surface area contributed by atoms with Gasteiger partial charge in [0.1, 0.15) is 17.5 Å². The molecule has 0 aromatic heterocycles. The summed E-state index contributed by atoms with van der Waals surface area (Å²) in [4.78, 5) is 27.5. The number of benzene rings is 2. The van der Waals surface area contributed by atoms with E-state index in [0.717, 1.165) is 11.1 Å². The van der Waals surface area contributed by atoms with Gasteiger partial charge in [0.2, 0.25) is 5.91 Å². The zero-order valence-corrected chi connectivity index (χ0v) is 20.1. The standard InChI is InChI=1S/C26H36N2O4/c1-18(2)15-27-26(30)20(5)28(16-21-10-9-11-22(14-21)31-6)25(29)17-32-24-13-8-7-12-23(24)19(3)4/h7-14,18-20H,15-17H2,1-6H3,(H,27,30). The Kier molecular flexibility index (Phi) is 9.57. The van der Waals surface area contributed by atoms with Gasteiger partial charge in [-0.3, -0.25) is 9.59 Å². The Bertz CT molecular complexity index is 895. The van der Waals surface area contributed by atoms with Crippen molar-refractivity contribution in [2.45, 2.75) is 53.1 Å². The fourth-order valence-electron chi connectivity index (χ4n) is 3.31. The summed E-state index contributed by atoms with van der Waals surface area (Å²) < 4.78 is 11.2. The Labute approximate surface area is 191 Å². The number of hydrogen-bond acceptors (Lipinski definition) is 4. The van der Waals surface area contributed by atoms with Crippen LogP contribution in [-0.4, -0.2) is 43.0 Å². The predicted octanol–water partition coefficient (Wildman–Crippen LogP) is 4.39. The highest BCUT2D eigenvalue weighted by Gasteiger charge is 2.27. The largest absolute Gasteiger partial charge is 0.497 e. The van der Waals surface area contributed by atoms with Crippen LogP contribution in [0.5, 0.6) is 11.5 Å². The van der Waals surface area contributed by atoms with Gasteiger partial charge in [-0.05, 0) is 48.1 Å². The molecule has 0 aliphatic carbocycles. The molecule has 0 radical (unpaired) electrons. The normalized spacial score (nSPS) is 11.9. The molecular weight excluding hydrogens is 404 g/mol. The van der Waals surface area contributed by atoms with E-state index in [9.17, 15) is 9.59 Å². The summed E-state index contributed by atoms with van der Waals surface area (Å²) in [6.07, 6.45) is 0. The number of carbonyl (C=O) groups is 2. The highest BCUT2D eigenvalue weighted by molar-refractivity contribution is 5.88. The van der Waals surface area contributed by atoms with E-state index in [2.05, 4.69) is 19.2 Å². The zero-order valence-electron chi connectivity index (χ0n) is 20.1. The van der Waals surface area contributed by atoms with Gasteiger partial charge in [-0.15, -0.1) is 0 Å². The Morgan fingerprint density at radius 2 is 1.72 bits per heavy atom. The van der Waals surface area contributed by atoms with Crippen molar-refractivity contribution < 1.29 is 19.1 Å². The lowest BCUT2D eigenvalue weighted by atomic mass is 10.0. The van der Waals surface area contributed by atoms with E-state index in [1.165, 1.54) is 0 Å². The first-order valence-electron chi connectivity index (χ1n) is 11.1. The summed E-state index contributed by atoms with van der Waals surface area (Å²) in [6.45, 7) is 10.7. The Morgan fingerprint density at radius 3 is 2.38 bits per heavy atom. The van der Waals surface area contributed by atoms with E-state index >= 15 is 0 Å². The lowest BCUT2D eigenvalue weighted by molar-refractivity contribution is -0.142. The number of rotatable bonds is 11. The van der Waals surface area contributed by atoms with Crippen molar-refractivity contribution in [1.82, 2.24) is 10.2 Å². The second kappa shape index (κ2) is 12.1. The van der Waals surface area contributed by atoms with E-state index in [-0.39, 0.29) is 30.9 Å². The molecule has 0 spiro atoms. The summed E-state index contributed by atoms with van der Waals surface area (Å²) in [5.41, 5.74) is 1.92. The van der Waals surface area contributed by atoms with Crippen LogP contribution in [0.25, 0.3) is 0 Å². The summed E-state index contributed by atoms with van der Waals surface area (Å²) in [5, 5.41) is 2.93. The number of hydrogen-bond donors (Lipinski definition) is 1. The Balaban J connectivity index is 2.20. The minimum Gasteiger partial charge on any atom is -0.497 e. The molecular formula is C26H36N2O4. The SMILES string of the molecule is COc1cccc(CN(C(=O)COc2ccccc2C(C)C)C(C)C(=O)NCC(C)C)c1. The molecule has 32 heavy (non-hydrogen) atoms. The lowest BCUT2D eigenvalue weighted by Crippen LogP contribution is -2.49. The van der Waals surface area contributed by atoms with Crippen LogP contribution in [0.2, 0.25) is 0 Å². The molecule has 6 nitrogen and oxygen atoms in total. The van der Waals surface area contributed by atoms with Crippen LogP contribution in [-0.2, 0) is 16.1 Å². The molecule has 174 valence electrons. The quantitative estimate of drug-likeness (QED) is 0.563. The first-order chi connectivity index (χ1) is 15.2. The van der Waals surface area contributed by atoms with Crippen molar-refractivity contribution in [1.29, 1.82) is 0 Å². The molecule has 0 heterocycles. The fraction of sp³-hybridized carbons (Fsp3) is 0.462. The monoisotopic (exact) mass is 440 g/mol. The summed E-state index contributed by atoms with van der Waals surface area (Å²) in [5.74, 6) is 1.55. The van der Waals surface area contributed by atoms with E-state index in [1.807, 2.05) is 62.4 Å². The minimum atomic E-state index is -0.642. The molecule has 6 heteroatoms. The molecule has 2 aromatic rings. The number of nitrogens with one attached hydrogen (secondary N) is 1. The fourth-order valence-corrected chi connectivity index (χ4v) is 3.31. The van der Waals surface area contributed by atoms with E-state index in [0.29, 0.717) is 24.0 Å². The first-order valence-corrected chi connectivity index (χ1v) is 11.1. The van der Waals surface area contributed by atoms with Crippen molar-refractivity contribution >= 4 is 11.8 Å². The van der Waals surface area contributed by atoms with Gasteiger partial charge in [0.25, 0.3) is 5.91 Å². The predicted molar refractivity (Wildman–Crippen MR) is 127 cm³/mol. The maximum Gasteiger partial charge on any atom is 0.261 e. The summed E-state index contributed by atoms with van der Waals surface area (Å²) in [7, 11) is 1.60. The average Bonchev–Trinajstić information content (AvgIpc) is 2.79. The number of methoxy groups -OCH3 is 1. The molecule has 0 aliphatic heterocycles. The molecule has 0 saturated carbocycles. The van der Waals surface area contributed by atoms with E-state index < -0.39 is 6.04 Å². The van der Waals surface area contributed by atoms with Crippen molar-refractivity contribution in [2.24, 2.45) is 5.92 Å². The number of amides is 2. The van der Waals surface area contributed by atoms with Crippen LogP contribution in [0, 0.1) is 5.92 Å². The highest BCUT2D eigenvalue weighted by atomic mass is 16.5. The summed E-state index contributed by atoms with van der Waals surface area (Å²) in [6, 6.07) is 14.6. The average molecular weight is 441 g/mol. The highest BCUT2D eigenvalue weighted by Crippen LogP contribution is 2.26. The van der Waals surface area contributed by atoms with Crippen molar-refractivity contribution in [3.05, 3.63) is 59.7 Å². The van der Waals surface area contributed by atoms with Gasteiger partial charge in [-0.1, -0.05) is 58.0 Å². The van der Waals surface area contributed by atoms with Crippen LogP contribution in [0.1, 0.15) is 51.7 Å². The molecule has 2 amide bonds. The molecule has 1 unspecified atom stereocenters. The smallest absolute Gasteiger partial charge is 0.261 e. The van der Waals surface area contributed by atoms with Gasteiger partial charge in [-0.25, -0.2) is 0 Å². The summed E-state index contributed by atoms with van der Waals surface area (Å²) >= 11 is 0. The first kappa shape index (κ1) is 25.2. The third kappa shape index (κ3) is 7.29. The molecule has 1 atom stereocenters. The van der Waals surface area contributed by atoms with Crippen LogP contribution in [0.3, 0.4) is 0 Å². The molecule has 1 N–H and O–H groups in total. The second-order valence-electron chi connectivity index (χ2n) is 8.67. The van der Waals surface area contributed by atoms with Crippen molar-refractivity contribution in [2.75, 3.05) is 20.3 Å². The number of nitrogens with zero attached hydrogens (tertiary/aromatic N) is 1. The molecule has 0 bridgehead atoms. The Hall–Kier alpha value is -3.02. The van der Waals surface area contributed by atoms with Crippen LogP contribution in [0.15, 0.2) is 48.5 Å². The third-order valence-corrected chi connectivity index (χ3v) is 5.23. The maximum absolute atomic E-state index is 13.2. The molecule has 2 rings (SSSR count). The van der Waals surface area contributed by atoms with Gasteiger partial charge >= 0.3 is 0 Å². The van der Waals surface area contributed by atoms with Crippen molar-refractivity contribution in [3.8, 4) is 11.5 Å². The van der Waals surface area contributed by atoms with E-state index in [1.54, 1.807) is 18.9 Å². The van der Waals surface area contributed by atoms with E-state index in [4.69, 9.17) is 9.47 Å². The lowest BCUT2D eigenvalue weighted by Gasteiger charge is -2.29. The number of para-hydroxylation sites is 1. The molecule has 0 aliphatic rings. The van der Waals surface area contributed by atoms with Gasteiger partial charge < -0.3 is 19.7 Å². The van der Waals surface area contributed by atoms with Gasteiger partial charge in [0.15, 0.2) is 6.61 Å². The topological polar surface area (TPSA) is 67.9 Å². The Morgan fingerprint density at radius 1 is 1.00 bits per heavy atom. The second-order valence-corrected chi connectivity index (χ2v) is 8.67. The number of ether oxygens (including phenoxy) is 2. The van der Waals surface area contributed by atoms with Gasteiger partial charge in [0, 0.05) is 13.1 Å². The van der Waals surface area contributed by atoms with Gasteiger partial charge in [0.05, 0.1) is 7.11 Å². The van der Waals surface area contributed by atoms with Crippen molar-refractivity contribution in [3.63, 3.8) is 0 Å². The number of carbonyl (C=O) groups excluding carboxylic acids is 2. The maximum atomic E-state index is 13.2. The van der Waals surface area contributed by atoms with Crippen LogP contribution in [0.4, 0.5) is 0 Å². The molecule has 0 saturated heterocycles. The zero-order chi connectivity index (χ0) is 23.7. The van der Waals surface area contributed by atoms with Crippen LogP contribution >= 0.6 is 0 Å². The minimum absolute atomic E-state index is 0.143. The van der Waals surface area contributed by atoms with Gasteiger partial charge in [-0.2, -0.15) is 0 Å². The molecule has 0 fully saturated rings. The molecule has 2 aromatic carbocycles. The van der Waals surface area contributed by atoms with Crippen LogP contribution < -0.4 is 14.8 Å².